The van der Waals surface area contributed by atoms with E-state index in [1.165, 1.54) is 0 Å². The van der Waals surface area contributed by atoms with Crippen molar-refractivity contribution in [3.63, 3.8) is 0 Å². The third kappa shape index (κ3) is 5.22. The molecule has 0 aromatic heterocycles. The Hall–Kier alpha value is -2.53. The molecule has 25 heavy (non-hydrogen) atoms. The van der Waals surface area contributed by atoms with E-state index in [0.29, 0.717) is 6.54 Å². The topological polar surface area (TPSA) is 61.8 Å². The van der Waals surface area contributed by atoms with Gasteiger partial charge in [-0.3, -0.25) is 0 Å². The summed E-state index contributed by atoms with van der Waals surface area (Å²) in [5.74, 6) is -0.333. The van der Waals surface area contributed by atoms with E-state index < -0.39 is 5.97 Å². The van der Waals surface area contributed by atoms with E-state index in [9.17, 15) is 9.90 Å². The van der Waals surface area contributed by atoms with Gasteiger partial charge in [0.1, 0.15) is 5.75 Å². The normalized spacial score (nSPS) is 17.0. The number of carboxylic acid groups (broad SMARTS) is 1. The number of carbonyl (C=O) groups excluding carboxylic acids is 1. The van der Waals surface area contributed by atoms with Crippen LogP contribution in [0.3, 0.4) is 0 Å². The predicted octanol–water partition coefficient (Wildman–Crippen LogP) is 2.35. The Kier molecular flexibility index (Phi) is 5.90. The third-order valence-electron chi connectivity index (χ3n) is 4.14. The van der Waals surface area contributed by atoms with Crippen molar-refractivity contribution < 1.29 is 19.4 Å². The van der Waals surface area contributed by atoms with Crippen LogP contribution in [0.25, 0.3) is 0 Å². The molecule has 3 rings (SSSR count). The molecule has 1 aliphatic heterocycles. The van der Waals surface area contributed by atoms with Gasteiger partial charge in [0, 0.05) is 18.7 Å². The molecule has 0 aliphatic carbocycles. The predicted molar refractivity (Wildman–Crippen MR) is 93.2 cm³/mol. The zero-order valence-corrected chi connectivity index (χ0v) is 14.1. The fourth-order valence-electron chi connectivity index (χ4n) is 2.88. The Morgan fingerprint density at radius 3 is 2.52 bits per heavy atom. The second kappa shape index (κ2) is 8.53. The van der Waals surface area contributed by atoms with Gasteiger partial charge in [-0.05, 0) is 42.7 Å². The van der Waals surface area contributed by atoms with Crippen LogP contribution < -0.4 is 14.7 Å². The molecule has 5 nitrogen and oxygen atoms in total. The maximum Gasteiger partial charge on any atom is 0.199 e. The van der Waals surface area contributed by atoms with Gasteiger partial charge in [0.2, 0.25) is 0 Å². The Labute approximate surface area is 147 Å². The summed E-state index contributed by atoms with van der Waals surface area (Å²) in [7, 11) is 0. The summed E-state index contributed by atoms with van der Waals surface area (Å²) in [6, 6.07) is 17.1. The number of hydrogen-bond acceptors (Lipinski definition) is 5. The van der Waals surface area contributed by atoms with Gasteiger partial charge >= 0.3 is 0 Å². The molecule has 1 saturated heterocycles. The van der Waals surface area contributed by atoms with Crippen LogP contribution in [-0.4, -0.2) is 25.4 Å². The van der Waals surface area contributed by atoms with Gasteiger partial charge < -0.3 is 24.3 Å². The Bertz CT molecular complexity index is 666. The minimum Gasteiger partial charge on any atom is -0.548 e. The lowest BCUT2D eigenvalue weighted by molar-refractivity contribution is -0.303. The molecule has 1 fully saturated rings. The first-order valence-corrected chi connectivity index (χ1v) is 8.58. The number of para-hydroxylation sites is 1. The van der Waals surface area contributed by atoms with Crippen molar-refractivity contribution in [2.75, 3.05) is 18.1 Å². The van der Waals surface area contributed by atoms with Crippen molar-refractivity contribution in [1.29, 1.82) is 0 Å². The monoisotopic (exact) mass is 340 g/mol. The lowest BCUT2D eigenvalue weighted by Gasteiger charge is -2.26. The molecular formula is C20H22NO4-. The van der Waals surface area contributed by atoms with E-state index in [1.807, 2.05) is 54.6 Å². The molecule has 5 heteroatoms. The van der Waals surface area contributed by atoms with E-state index in [2.05, 4.69) is 0 Å². The molecule has 1 aliphatic rings. The first-order chi connectivity index (χ1) is 12.2. The summed E-state index contributed by atoms with van der Waals surface area (Å²) in [6.07, 6.45) is 2.96. The van der Waals surface area contributed by atoms with Crippen LogP contribution in [0.5, 0.6) is 5.75 Å². The van der Waals surface area contributed by atoms with E-state index in [-0.39, 0.29) is 12.8 Å². The second-order valence-corrected chi connectivity index (χ2v) is 6.12. The van der Waals surface area contributed by atoms with Gasteiger partial charge in [-0.2, -0.15) is 0 Å². The van der Waals surface area contributed by atoms with Gasteiger partial charge in [0.05, 0.1) is 19.1 Å². The number of nitrogens with zero attached hydrogens (tertiary/aromatic N) is 1. The summed E-state index contributed by atoms with van der Waals surface area (Å²) in [5, 5.41) is 11.1. The highest BCUT2D eigenvalue weighted by Crippen LogP contribution is 2.21. The van der Waals surface area contributed by atoms with Crippen LogP contribution in [-0.2, 0) is 16.1 Å². The minimum atomic E-state index is -1.10. The van der Waals surface area contributed by atoms with Gasteiger partial charge in [-0.25, -0.2) is 0 Å². The summed E-state index contributed by atoms with van der Waals surface area (Å²) < 4.78 is 11.4. The number of rotatable bonds is 7. The number of hydrogen-bond donors (Lipinski definition) is 0. The first kappa shape index (κ1) is 17.3. The molecule has 132 valence electrons. The molecule has 0 spiro atoms. The highest BCUT2D eigenvalue weighted by Gasteiger charge is 2.15. The number of carbonyl (C=O) groups is 1. The number of anilines is 1. The van der Waals surface area contributed by atoms with Crippen LogP contribution in [0.15, 0.2) is 54.6 Å². The Balaban J connectivity index is 1.64. The van der Waals surface area contributed by atoms with Crippen LogP contribution >= 0.6 is 0 Å². The van der Waals surface area contributed by atoms with Crippen molar-refractivity contribution in [2.24, 2.45) is 0 Å². The van der Waals surface area contributed by atoms with Gasteiger partial charge in [-0.15, -0.1) is 0 Å². The second-order valence-electron chi connectivity index (χ2n) is 6.12. The average Bonchev–Trinajstić information content (AvgIpc) is 2.64. The fourth-order valence-corrected chi connectivity index (χ4v) is 2.88. The molecule has 2 aromatic rings. The molecule has 2 aromatic carbocycles. The zero-order valence-electron chi connectivity index (χ0n) is 14.1. The highest BCUT2D eigenvalue weighted by atomic mass is 16.7. The molecule has 1 unspecified atom stereocenters. The van der Waals surface area contributed by atoms with Crippen LogP contribution in [0.1, 0.15) is 24.8 Å². The molecule has 0 amide bonds. The highest BCUT2D eigenvalue weighted by molar-refractivity contribution is 5.71. The van der Waals surface area contributed by atoms with Crippen molar-refractivity contribution >= 4 is 11.7 Å². The van der Waals surface area contributed by atoms with E-state index in [0.717, 1.165) is 42.9 Å². The van der Waals surface area contributed by atoms with E-state index >= 15 is 0 Å². The summed E-state index contributed by atoms with van der Waals surface area (Å²) in [5.41, 5.74) is 1.85. The molecule has 0 bridgehead atoms. The Morgan fingerprint density at radius 1 is 1.12 bits per heavy atom. The van der Waals surface area contributed by atoms with Crippen molar-refractivity contribution in [2.45, 2.75) is 32.1 Å². The van der Waals surface area contributed by atoms with E-state index in [1.54, 1.807) is 4.90 Å². The largest absolute Gasteiger partial charge is 0.548 e. The quantitative estimate of drug-likeness (QED) is 0.774. The Morgan fingerprint density at radius 2 is 1.88 bits per heavy atom. The van der Waals surface area contributed by atoms with Crippen LogP contribution in [0, 0.1) is 0 Å². The smallest absolute Gasteiger partial charge is 0.199 e. The molecule has 1 heterocycles. The summed E-state index contributed by atoms with van der Waals surface area (Å²) >= 11 is 0. The third-order valence-corrected chi connectivity index (χ3v) is 4.14. The van der Waals surface area contributed by atoms with Crippen LogP contribution in [0.2, 0.25) is 0 Å². The number of ether oxygens (including phenoxy) is 2. The number of benzene rings is 2. The van der Waals surface area contributed by atoms with Gasteiger partial charge in [-0.1, -0.05) is 30.3 Å². The SMILES string of the molecule is O=C([O-])CN(Cc1ccc(OC2CCCCO2)cc1)c1ccccc1. The van der Waals surface area contributed by atoms with Crippen molar-refractivity contribution in [3.8, 4) is 5.75 Å². The maximum atomic E-state index is 11.1. The van der Waals surface area contributed by atoms with Crippen molar-refractivity contribution in [3.05, 3.63) is 60.2 Å². The molecule has 0 saturated carbocycles. The lowest BCUT2D eigenvalue weighted by atomic mass is 10.1. The first-order valence-electron chi connectivity index (χ1n) is 8.58. The van der Waals surface area contributed by atoms with Gasteiger partial charge in [0.15, 0.2) is 6.29 Å². The zero-order chi connectivity index (χ0) is 17.5. The average molecular weight is 340 g/mol. The fraction of sp³-hybridized carbons (Fsp3) is 0.350. The van der Waals surface area contributed by atoms with E-state index in [4.69, 9.17) is 9.47 Å². The molecular weight excluding hydrogens is 318 g/mol. The van der Waals surface area contributed by atoms with Crippen molar-refractivity contribution in [1.82, 2.24) is 0 Å². The molecule has 0 radical (unpaired) electrons. The standard InChI is InChI=1S/C20H23NO4/c22-19(23)15-21(17-6-2-1-3-7-17)14-16-9-11-18(12-10-16)25-20-8-4-5-13-24-20/h1-3,6-7,9-12,20H,4-5,8,13-15H2,(H,22,23)/p-1. The summed E-state index contributed by atoms with van der Waals surface area (Å²) in [4.78, 5) is 12.8. The van der Waals surface area contributed by atoms with Crippen LogP contribution in [0.4, 0.5) is 5.69 Å². The summed E-state index contributed by atoms with van der Waals surface area (Å²) in [6.45, 7) is 1.08. The maximum absolute atomic E-state index is 11.1. The lowest BCUT2D eigenvalue weighted by Crippen LogP contribution is -2.37. The number of carboxylic acids is 1. The minimum absolute atomic E-state index is 0.155. The van der Waals surface area contributed by atoms with Gasteiger partial charge in [0.25, 0.3) is 0 Å². The molecule has 1 atom stereocenters. The molecule has 0 N–H and O–H groups in total. The number of aliphatic carboxylic acids is 1.